The largest absolute Gasteiger partial charge is 0.308 e. The quantitative estimate of drug-likeness (QED) is 0.814. The fourth-order valence-electron chi connectivity index (χ4n) is 3.06. The van der Waals surface area contributed by atoms with Crippen molar-refractivity contribution in [3.8, 4) is 0 Å². The zero-order valence-electron chi connectivity index (χ0n) is 12.6. The number of hydrogen-bond acceptors (Lipinski definition) is 3. The van der Waals surface area contributed by atoms with E-state index < -0.39 is 0 Å². The second kappa shape index (κ2) is 7.41. The molecule has 0 aromatic carbocycles. The molecule has 0 bridgehead atoms. The molecule has 0 saturated heterocycles. The highest BCUT2D eigenvalue weighted by Gasteiger charge is 2.20. The molecule has 0 aliphatic heterocycles. The second-order valence-electron chi connectivity index (χ2n) is 6.11. The van der Waals surface area contributed by atoms with Crippen LogP contribution in [-0.2, 0) is 0 Å². The molecule has 108 valence electrons. The maximum Gasteiger partial charge on any atom is 0.0438 e. The molecule has 1 unspecified atom stereocenters. The molecular formula is C16H28N2S. The van der Waals surface area contributed by atoms with Gasteiger partial charge in [0.25, 0.3) is 0 Å². The summed E-state index contributed by atoms with van der Waals surface area (Å²) in [4.78, 5) is 4.02. The van der Waals surface area contributed by atoms with E-state index in [1.54, 1.807) is 0 Å². The number of nitrogens with one attached hydrogen (secondary N) is 1. The van der Waals surface area contributed by atoms with Crippen LogP contribution in [0.3, 0.4) is 0 Å². The zero-order valence-corrected chi connectivity index (χ0v) is 13.4. The lowest BCUT2D eigenvalue weighted by Gasteiger charge is -2.27. The molecule has 3 heteroatoms. The van der Waals surface area contributed by atoms with Crippen LogP contribution in [0, 0.1) is 5.92 Å². The van der Waals surface area contributed by atoms with Gasteiger partial charge in [-0.3, -0.25) is 0 Å². The van der Waals surface area contributed by atoms with Gasteiger partial charge in [0.05, 0.1) is 0 Å². The molecule has 19 heavy (non-hydrogen) atoms. The van der Waals surface area contributed by atoms with Crippen molar-refractivity contribution in [3.63, 3.8) is 0 Å². The van der Waals surface area contributed by atoms with Crippen LogP contribution in [0.4, 0.5) is 0 Å². The van der Waals surface area contributed by atoms with E-state index in [2.05, 4.69) is 48.6 Å². The Kier molecular flexibility index (Phi) is 5.86. The highest BCUT2D eigenvalue weighted by atomic mass is 32.1. The van der Waals surface area contributed by atoms with Gasteiger partial charge in [-0.25, -0.2) is 0 Å². The molecule has 1 aliphatic rings. The van der Waals surface area contributed by atoms with Crippen molar-refractivity contribution < 1.29 is 0 Å². The van der Waals surface area contributed by atoms with Gasteiger partial charge < -0.3 is 10.2 Å². The highest BCUT2D eigenvalue weighted by Crippen LogP contribution is 2.26. The Balaban J connectivity index is 1.76. The molecule has 1 aromatic rings. The molecule has 1 aromatic heterocycles. The normalized spacial score (nSPS) is 18.6. The summed E-state index contributed by atoms with van der Waals surface area (Å²) in [6.07, 6.45) is 5.64. The van der Waals surface area contributed by atoms with Crippen LogP contribution in [0.2, 0.25) is 0 Å². The number of thiophene rings is 1. The number of likely N-dealkylation sites (N-methyl/N-ethyl adjacent to an activating group) is 1. The molecule has 2 rings (SSSR count). The minimum Gasteiger partial charge on any atom is -0.308 e. The lowest BCUT2D eigenvalue weighted by molar-refractivity contribution is 0.238. The van der Waals surface area contributed by atoms with Gasteiger partial charge in [-0.15, -0.1) is 11.3 Å². The van der Waals surface area contributed by atoms with Crippen LogP contribution in [0.25, 0.3) is 0 Å². The van der Waals surface area contributed by atoms with Crippen molar-refractivity contribution in [2.75, 3.05) is 20.1 Å². The van der Waals surface area contributed by atoms with Gasteiger partial charge in [-0.1, -0.05) is 32.8 Å². The first-order valence-corrected chi connectivity index (χ1v) is 8.53. The molecule has 1 heterocycles. The number of rotatable bonds is 7. The summed E-state index contributed by atoms with van der Waals surface area (Å²) in [5, 5.41) is 5.92. The molecule has 0 spiro atoms. The maximum absolute atomic E-state index is 3.74. The van der Waals surface area contributed by atoms with Gasteiger partial charge >= 0.3 is 0 Å². The van der Waals surface area contributed by atoms with Crippen molar-refractivity contribution in [1.29, 1.82) is 0 Å². The maximum atomic E-state index is 3.74. The smallest absolute Gasteiger partial charge is 0.0438 e. The van der Waals surface area contributed by atoms with Crippen molar-refractivity contribution in [3.05, 3.63) is 22.4 Å². The first kappa shape index (κ1) is 15.0. The van der Waals surface area contributed by atoms with Crippen molar-refractivity contribution in [2.24, 2.45) is 5.92 Å². The van der Waals surface area contributed by atoms with Crippen molar-refractivity contribution in [2.45, 2.75) is 51.6 Å². The lowest BCUT2D eigenvalue weighted by atomic mass is 10.0. The van der Waals surface area contributed by atoms with Crippen molar-refractivity contribution in [1.82, 2.24) is 10.2 Å². The van der Waals surface area contributed by atoms with E-state index in [1.807, 2.05) is 11.3 Å². The molecule has 0 amide bonds. The van der Waals surface area contributed by atoms with E-state index in [1.165, 1.54) is 37.1 Å². The summed E-state index contributed by atoms with van der Waals surface area (Å²) in [6, 6.07) is 5.75. The fraction of sp³-hybridized carbons (Fsp3) is 0.750. The molecular weight excluding hydrogens is 252 g/mol. The SMILES string of the molecule is CC(C)C(NCCN(C)C1CCCC1)c1cccs1. The summed E-state index contributed by atoms with van der Waals surface area (Å²) in [7, 11) is 2.28. The van der Waals surface area contributed by atoms with E-state index in [0.29, 0.717) is 12.0 Å². The molecule has 1 atom stereocenters. The molecule has 1 N–H and O–H groups in total. The van der Waals surface area contributed by atoms with Gasteiger partial charge in [0.15, 0.2) is 0 Å². The molecule has 1 saturated carbocycles. The Hall–Kier alpha value is -0.380. The second-order valence-corrected chi connectivity index (χ2v) is 7.09. The summed E-state index contributed by atoms with van der Waals surface area (Å²) in [5.74, 6) is 0.649. The predicted molar refractivity (Wildman–Crippen MR) is 84.8 cm³/mol. The molecule has 2 nitrogen and oxygen atoms in total. The van der Waals surface area contributed by atoms with Crippen LogP contribution in [0.5, 0.6) is 0 Å². The first-order valence-electron chi connectivity index (χ1n) is 7.65. The standard InChI is InChI=1S/C16H28N2S/c1-13(2)16(15-9-6-12-19-15)17-10-11-18(3)14-7-4-5-8-14/h6,9,12-14,16-17H,4-5,7-8,10-11H2,1-3H3. The van der Waals surface area contributed by atoms with Gasteiger partial charge in [0, 0.05) is 30.1 Å². The molecule has 1 aliphatic carbocycles. The Morgan fingerprint density at radius 1 is 1.37 bits per heavy atom. The van der Waals surface area contributed by atoms with Crippen molar-refractivity contribution >= 4 is 11.3 Å². The fourth-order valence-corrected chi connectivity index (χ4v) is 4.03. The number of hydrogen-bond donors (Lipinski definition) is 1. The van der Waals surface area contributed by atoms with E-state index in [9.17, 15) is 0 Å². The zero-order chi connectivity index (χ0) is 13.7. The Bertz CT molecular complexity index is 342. The monoisotopic (exact) mass is 280 g/mol. The summed E-state index contributed by atoms with van der Waals surface area (Å²) >= 11 is 1.87. The molecule has 1 fully saturated rings. The highest BCUT2D eigenvalue weighted by molar-refractivity contribution is 7.10. The Morgan fingerprint density at radius 2 is 2.11 bits per heavy atom. The topological polar surface area (TPSA) is 15.3 Å². The van der Waals surface area contributed by atoms with Gasteiger partial charge in [-0.2, -0.15) is 0 Å². The first-order chi connectivity index (χ1) is 9.18. The third kappa shape index (κ3) is 4.30. The van der Waals surface area contributed by atoms with Gasteiger partial charge in [0.2, 0.25) is 0 Å². The lowest BCUT2D eigenvalue weighted by Crippen LogP contribution is -2.37. The third-order valence-electron chi connectivity index (χ3n) is 4.29. The Labute approximate surface area is 122 Å². The van der Waals surface area contributed by atoms with E-state index in [4.69, 9.17) is 0 Å². The van der Waals surface area contributed by atoms with Crippen LogP contribution in [-0.4, -0.2) is 31.1 Å². The molecule has 0 radical (unpaired) electrons. The van der Waals surface area contributed by atoms with Crippen LogP contribution in [0.1, 0.15) is 50.4 Å². The summed E-state index contributed by atoms with van der Waals surface area (Å²) in [6.45, 7) is 6.86. The summed E-state index contributed by atoms with van der Waals surface area (Å²) in [5.41, 5.74) is 0. The minimum atomic E-state index is 0.511. The average Bonchev–Trinajstić information content (AvgIpc) is 3.05. The number of nitrogens with zero attached hydrogens (tertiary/aromatic N) is 1. The van der Waals surface area contributed by atoms with Crippen LogP contribution >= 0.6 is 11.3 Å². The van der Waals surface area contributed by atoms with E-state index in [0.717, 1.165) is 12.6 Å². The summed E-state index contributed by atoms with van der Waals surface area (Å²) < 4.78 is 0. The van der Waals surface area contributed by atoms with Gasteiger partial charge in [0.1, 0.15) is 0 Å². The predicted octanol–water partition coefficient (Wildman–Crippen LogP) is 3.91. The third-order valence-corrected chi connectivity index (χ3v) is 5.25. The minimum absolute atomic E-state index is 0.511. The van der Waals surface area contributed by atoms with Gasteiger partial charge in [-0.05, 0) is 37.3 Å². The van der Waals surface area contributed by atoms with E-state index in [-0.39, 0.29) is 0 Å². The van der Waals surface area contributed by atoms with E-state index >= 15 is 0 Å². The van der Waals surface area contributed by atoms with Crippen LogP contribution in [0.15, 0.2) is 17.5 Å². The Morgan fingerprint density at radius 3 is 2.68 bits per heavy atom. The average molecular weight is 280 g/mol. The van der Waals surface area contributed by atoms with Crippen LogP contribution < -0.4 is 5.32 Å².